The Kier molecular flexibility index (Phi) is 4.30. The molecular formula is C15H15FN2O2. The maximum Gasteiger partial charge on any atom is 0.354 e. The lowest BCUT2D eigenvalue weighted by atomic mass is 10.1. The molecule has 0 aliphatic carbocycles. The predicted molar refractivity (Wildman–Crippen MR) is 74.4 cm³/mol. The van der Waals surface area contributed by atoms with Crippen molar-refractivity contribution in [2.24, 2.45) is 0 Å². The number of carboxylic acids is 1. The third kappa shape index (κ3) is 3.78. The van der Waals surface area contributed by atoms with E-state index in [1.54, 1.807) is 18.2 Å². The normalized spacial score (nSPS) is 11.9. The van der Waals surface area contributed by atoms with Gasteiger partial charge in [0.1, 0.15) is 11.5 Å². The number of benzene rings is 1. The van der Waals surface area contributed by atoms with E-state index in [0.29, 0.717) is 12.1 Å². The average Bonchev–Trinajstić information content (AvgIpc) is 2.41. The van der Waals surface area contributed by atoms with E-state index in [1.165, 1.54) is 24.4 Å². The average molecular weight is 274 g/mol. The van der Waals surface area contributed by atoms with E-state index in [0.717, 1.165) is 5.56 Å². The molecule has 20 heavy (non-hydrogen) atoms. The summed E-state index contributed by atoms with van der Waals surface area (Å²) in [5.74, 6) is -1.31. The van der Waals surface area contributed by atoms with Crippen molar-refractivity contribution in [3.05, 3.63) is 59.7 Å². The summed E-state index contributed by atoms with van der Waals surface area (Å²) in [6.45, 7) is 1.98. The van der Waals surface area contributed by atoms with Gasteiger partial charge in [0.25, 0.3) is 0 Å². The molecule has 104 valence electrons. The molecule has 1 aromatic heterocycles. The predicted octanol–water partition coefficient (Wildman–Crippen LogP) is 2.96. The van der Waals surface area contributed by atoms with Crippen LogP contribution in [0.2, 0.25) is 0 Å². The Morgan fingerprint density at radius 3 is 2.70 bits per heavy atom. The van der Waals surface area contributed by atoms with E-state index >= 15 is 0 Å². The number of anilines is 1. The van der Waals surface area contributed by atoms with Crippen LogP contribution in [-0.4, -0.2) is 22.1 Å². The number of aromatic nitrogens is 1. The van der Waals surface area contributed by atoms with E-state index in [2.05, 4.69) is 10.3 Å². The molecular weight excluding hydrogens is 259 g/mol. The highest BCUT2D eigenvalue weighted by atomic mass is 19.1. The number of pyridine rings is 1. The molecule has 0 saturated carbocycles. The van der Waals surface area contributed by atoms with E-state index < -0.39 is 5.97 Å². The number of nitrogens with one attached hydrogen (secondary N) is 1. The molecule has 2 aromatic rings. The first-order valence-electron chi connectivity index (χ1n) is 6.25. The van der Waals surface area contributed by atoms with Gasteiger partial charge in [-0.1, -0.05) is 12.1 Å². The van der Waals surface area contributed by atoms with Crippen LogP contribution in [0.25, 0.3) is 0 Å². The number of carbonyl (C=O) groups is 1. The number of rotatable bonds is 5. The van der Waals surface area contributed by atoms with Crippen LogP contribution in [-0.2, 0) is 6.42 Å². The number of halogens is 1. The summed E-state index contributed by atoms with van der Waals surface area (Å²) in [4.78, 5) is 14.6. The molecule has 1 aromatic carbocycles. The monoisotopic (exact) mass is 274 g/mol. The number of hydrogen-bond donors (Lipinski definition) is 2. The topological polar surface area (TPSA) is 62.2 Å². The Bertz CT molecular complexity index is 599. The first-order valence-corrected chi connectivity index (χ1v) is 6.25. The molecule has 1 atom stereocenters. The second-order valence-electron chi connectivity index (χ2n) is 4.61. The van der Waals surface area contributed by atoms with Crippen LogP contribution < -0.4 is 5.32 Å². The maximum absolute atomic E-state index is 12.8. The Morgan fingerprint density at radius 2 is 2.05 bits per heavy atom. The van der Waals surface area contributed by atoms with Crippen LogP contribution in [0.1, 0.15) is 23.0 Å². The van der Waals surface area contributed by atoms with Crippen LogP contribution in [0, 0.1) is 5.82 Å². The van der Waals surface area contributed by atoms with Crippen LogP contribution in [0.4, 0.5) is 10.1 Å². The van der Waals surface area contributed by atoms with Crippen molar-refractivity contribution in [2.45, 2.75) is 19.4 Å². The van der Waals surface area contributed by atoms with Gasteiger partial charge in [0, 0.05) is 17.9 Å². The summed E-state index contributed by atoms with van der Waals surface area (Å²) in [5.41, 5.74) is 1.72. The zero-order chi connectivity index (χ0) is 14.5. The highest BCUT2D eigenvalue weighted by Gasteiger charge is 2.08. The molecule has 0 aliphatic heterocycles. The molecule has 0 radical (unpaired) electrons. The lowest BCUT2D eigenvalue weighted by Gasteiger charge is -2.15. The number of nitrogens with zero attached hydrogens (tertiary/aromatic N) is 1. The quantitative estimate of drug-likeness (QED) is 0.880. The molecule has 1 heterocycles. The van der Waals surface area contributed by atoms with Crippen LogP contribution >= 0.6 is 0 Å². The fourth-order valence-electron chi connectivity index (χ4n) is 1.95. The molecule has 0 fully saturated rings. The molecule has 0 saturated heterocycles. The molecule has 0 aliphatic rings. The minimum absolute atomic E-state index is 0.00369. The molecule has 5 heteroatoms. The minimum atomic E-state index is -1.06. The van der Waals surface area contributed by atoms with E-state index in [-0.39, 0.29) is 17.6 Å². The fourth-order valence-corrected chi connectivity index (χ4v) is 1.95. The highest BCUT2D eigenvalue weighted by molar-refractivity contribution is 5.86. The molecule has 0 amide bonds. The zero-order valence-electron chi connectivity index (χ0n) is 11.0. The van der Waals surface area contributed by atoms with Crippen molar-refractivity contribution in [1.82, 2.24) is 4.98 Å². The van der Waals surface area contributed by atoms with Crippen LogP contribution in [0.5, 0.6) is 0 Å². The molecule has 0 bridgehead atoms. The van der Waals surface area contributed by atoms with E-state index in [1.807, 2.05) is 6.92 Å². The van der Waals surface area contributed by atoms with Gasteiger partial charge in [0.15, 0.2) is 0 Å². The lowest BCUT2D eigenvalue weighted by molar-refractivity contribution is 0.0690. The molecule has 2 N–H and O–H groups in total. The Morgan fingerprint density at radius 1 is 1.35 bits per heavy atom. The van der Waals surface area contributed by atoms with Gasteiger partial charge in [-0.3, -0.25) is 0 Å². The maximum atomic E-state index is 12.8. The summed E-state index contributed by atoms with van der Waals surface area (Å²) < 4.78 is 12.8. The fraction of sp³-hybridized carbons (Fsp3) is 0.200. The molecule has 0 spiro atoms. The summed E-state index contributed by atoms with van der Waals surface area (Å²) in [6, 6.07) is 9.63. The van der Waals surface area contributed by atoms with Gasteiger partial charge in [-0.2, -0.15) is 0 Å². The van der Waals surface area contributed by atoms with Gasteiger partial charge in [-0.25, -0.2) is 14.2 Å². The van der Waals surface area contributed by atoms with Gasteiger partial charge >= 0.3 is 5.97 Å². The van der Waals surface area contributed by atoms with Crippen LogP contribution in [0.3, 0.4) is 0 Å². The molecule has 4 nitrogen and oxygen atoms in total. The Balaban J connectivity index is 2.00. The standard InChI is InChI=1S/C15H15FN2O2/c1-10(8-11-2-4-12(16)5-3-11)18-13-6-7-17-14(9-13)15(19)20/h2-7,9-10H,8H2,1H3,(H,17,18)(H,19,20). The van der Waals surface area contributed by atoms with E-state index in [4.69, 9.17) is 5.11 Å². The molecule has 2 rings (SSSR count). The van der Waals surface area contributed by atoms with Crippen LogP contribution in [0.15, 0.2) is 42.6 Å². The van der Waals surface area contributed by atoms with Crippen molar-refractivity contribution in [2.75, 3.05) is 5.32 Å². The number of carboxylic acid groups (broad SMARTS) is 1. The number of hydrogen-bond acceptors (Lipinski definition) is 3. The first-order chi connectivity index (χ1) is 9.54. The lowest BCUT2D eigenvalue weighted by Crippen LogP contribution is -2.18. The largest absolute Gasteiger partial charge is 0.477 e. The van der Waals surface area contributed by atoms with Crippen molar-refractivity contribution in [3.63, 3.8) is 0 Å². The van der Waals surface area contributed by atoms with Gasteiger partial charge in [0.05, 0.1) is 0 Å². The van der Waals surface area contributed by atoms with Gasteiger partial charge in [-0.05, 0) is 43.2 Å². The summed E-state index contributed by atoms with van der Waals surface area (Å²) in [5, 5.41) is 12.1. The summed E-state index contributed by atoms with van der Waals surface area (Å²) in [7, 11) is 0. The van der Waals surface area contributed by atoms with E-state index in [9.17, 15) is 9.18 Å². The zero-order valence-corrected chi connectivity index (χ0v) is 11.0. The SMILES string of the molecule is CC(Cc1ccc(F)cc1)Nc1ccnc(C(=O)O)c1. The van der Waals surface area contributed by atoms with Crippen molar-refractivity contribution in [3.8, 4) is 0 Å². The smallest absolute Gasteiger partial charge is 0.354 e. The van der Waals surface area contributed by atoms with Gasteiger partial charge in [-0.15, -0.1) is 0 Å². The Labute approximate surface area is 116 Å². The first kappa shape index (κ1) is 14.0. The van der Waals surface area contributed by atoms with Gasteiger partial charge in [0.2, 0.25) is 0 Å². The third-order valence-electron chi connectivity index (χ3n) is 2.85. The minimum Gasteiger partial charge on any atom is -0.477 e. The highest BCUT2D eigenvalue weighted by Crippen LogP contribution is 2.12. The second kappa shape index (κ2) is 6.14. The summed E-state index contributed by atoms with van der Waals surface area (Å²) >= 11 is 0. The molecule has 1 unspecified atom stereocenters. The summed E-state index contributed by atoms with van der Waals surface area (Å²) in [6.07, 6.45) is 2.17. The second-order valence-corrected chi connectivity index (χ2v) is 4.61. The van der Waals surface area contributed by atoms with Crippen molar-refractivity contribution < 1.29 is 14.3 Å². The number of aromatic carboxylic acids is 1. The van der Waals surface area contributed by atoms with Crippen molar-refractivity contribution >= 4 is 11.7 Å². The third-order valence-corrected chi connectivity index (χ3v) is 2.85. The van der Waals surface area contributed by atoms with Crippen molar-refractivity contribution in [1.29, 1.82) is 0 Å². The van der Waals surface area contributed by atoms with Gasteiger partial charge < -0.3 is 10.4 Å². The Hall–Kier alpha value is -2.43.